The van der Waals surface area contributed by atoms with Gasteiger partial charge < -0.3 is 15.4 Å². The highest BCUT2D eigenvalue weighted by Crippen LogP contribution is 2.09. The zero-order chi connectivity index (χ0) is 13.0. The molecule has 2 N–H and O–H groups in total. The number of methoxy groups -OCH3 is 1. The molecule has 2 rings (SSSR count). The van der Waals surface area contributed by atoms with Gasteiger partial charge in [-0.05, 0) is 19.4 Å². The Morgan fingerprint density at radius 2 is 2.56 bits per heavy atom. The van der Waals surface area contributed by atoms with Crippen molar-refractivity contribution >= 4 is 5.91 Å². The Balaban J connectivity index is 1.77. The second-order valence-electron chi connectivity index (χ2n) is 4.69. The summed E-state index contributed by atoms with van der Waals surface area (Å²) in [7, 11) is 1.67. The molecule has 3 atom stereocenters. The summed E-state index contributed by atoms with van der Waals surface area (Å²) < 4.78 is 7.04. The van der Waals surface area contributed by atoms with Crippen LogP contribution in [-0.4, -0.2) is 47.5 Å². The molecule has 1 fully saturated rings. The number of nitrogens with one attached hydrogen (secondary N) is 2. The molecule has 6 nitrogen and oxygen atoms in total. The van der Waals surface area contributed by atoms with Crippen LogP contribution in [0.3, 0.4) is 0 Å². The summed E-state index contributed by atoms with van der Waals surface area (Å²) in [5.41, 5.74) is 0. The summed E-state index contributed by atoms with van der Waals surface area (Å²) in [4.78, 5) is 12.0. The number of ether oxygens (including phenoxy) is 1. The number of rotatable bonds is 5. The van der Waals surface area contributed by atoms with E-state index in [1.165, 1.54) is 0 Å². The van der Waals surface area contributed by atoms with Crippen LogP contribution >= 0.6 is 0 Å². The molecule has 1 aromatic heterocycles. The van der Waals surface area contributed by atoms with Crippen LogP contribution in [0.2, 0.25) is 0 Å². The Hall–Kier alpha value is -1.40. The highest BCUT2D eigenvalue weighted by molar-refractivity contribution is 5.82. The van der Waals surface area contributed by atoms with E-state index in [0.717, 1.165) is 13.0 Å². The van der Waals surface area contributed by atoms with E-state index in [4.69, 9.17) is 4.74 Å². The van der Waals surface area contributed by atoms with Crippen LogP contribution in [0.5, 0.6) is 0 Å². The Morgan fingerprint density at radius 1 is 1.72 bits per heavy atom. The second-order valence-corrected chi connectivity index (χ2v) is 4.69. The Morgan fingerprint density at radius 3 is 3.17 bits per heavy atom. The van der Waals surface area contributed by atoms with Gasteiger partial charge >= 0.3 is 0 Å². The summed E-state index contributed by atoms with van der Waals surface area (Å²) in [5.74, 6) is 0.0363. The minimum absolute atomic E-state index is 0.0363. The third kappa shape index (κ3) is 3.30. The zero-order valence-corrected chi connectivity index (χ0v) is 10.8. The molecule has 1 amide bonds. The van der Waals surface area contributed by atoms with Crippen LogP contribution < -0.4 is 10.6 Å². The highest BCUT2D eigenvalue weighted by Gasteiger charge is 2.29. The van der Waals surface area contributed by atoms with Gasteiger partial charge in [0.2, 0.25) is 5.91 Å². The van der Waals surface area contributed by atoms with Gasteiger partial charge in [-0.15, -0.1) is 0 Å². The predicted molar refractivity (Wildman–Crippen MR) is 67.0 cm³/mol. The fourth-order valence-corrected chi connectivity index (χ4v) is 2.16. The first-order valence-corrected chi connectivity index (χ1v) is 6.23. The van der Waals surface area contributed by atoms with E-state index >= 15 is 0 Å². The van der Waals surface area contributed by atoms with Crippen molar-refractivity contribution in [2.75, 3.05) is 13.7 Å². The van der Waals surface area contributed by atoms with Gasteiger partial charge in [0, 0.05) is 32.1 Å². The van der Waals surface area contributed by atoms with E-state index in [-0.39, 0.29) is 24.1 Å². The van der Waals surface area contributed by atoms with Crippen molar-refractivity contribution < 1.29 is 9.53 Å². The van der Waals surface area contributed by atoms with Crippen molar-refractivity contribution in [3.8, 4) is 0 Å². The average molecular weight is 252 g/mol. The van der Waals surface area contributed by atoms with Crippen LogP contribution in [-0.2, 0) is 16.1 Å². The maximum atomic E-state index is 12.0. The molecule has 0 aliphatic carbocycles. The first kappa shape index (κ1) is 13.0. The summed E-state index contributed by atoms with van der Waals surface area (Å²) >= 11 is 0. The average Bonchev–Trinajstić information content (AvgIpc) is 2.98. The highest BCUT2D eigenvalue weighted by atomic mass is 16.5. The fourth-order valence-electron chi connectivity index (χ4n) is 2.16. The lowest BCUT2D eigenvalue weighted by Crippen LogP contribution is -2.45. The topological polar surface area (TPSA) is 68.2 Å². The third-order valence-corrected chi connectivity index (χ3v) is 3.15. The molecule has 1 aromatic rings. The van der Waals surface area contributed by atoms with Crippen molar-refractivity contribution in [3.05, 3.63) is 18.5 Å². The summed E-state index contributed by atoms with van der Waals surface area (Å²) in [6.07, 6.45) is 4.49. The van der Waals surface area contributed by atoms with E-state index in [1.807, 2.05) is 23.9 Å². The van der Waals surface area contributed by atoms with Gasteiger partial charge in [-0.25, -0.2) is 0 Å². The van der Waals surface area contributed by atoms with Crippen LogP contribution in [0.4, 0.5) is 0 Å². The van der Waals surface area contributed by atoms with Crippen LogP contribution in [0.25, 0.3) is 0 Å². The summed E-state index contributed by atoms with van der Waals surface area (Å²) in [5, 5.41) is 10.3. The molecule has 0 radical (unpaired) electrons. The van der Waals surface area contributed by atoms with Gasteiger partial charge in [-0.1, -0.05) is 0 Å². The minimum Gasteiger partial charge on any atom is -0.380 e. The van der Waals surface area contributed by atoms with Crippen molar-refractivity contribution in [2.24, 2.45) is 0 Å². The van der Waals surface area contributed by atoms with Gasteiger partial charge in [-0.2, -0.15) is 5.10 Å². The number of nitrogens with zero attached hydrogens (tertiary/aromatic N) is 2. The largest absolute Gasteiger partial charge is 0.380 e. The van der Waals surface area contributed by atoms with E-state index in [1.54, 1.807) is 13.3 Å². The van der Waals surface area contributed by atoms with E-state index in [0.29, 0.717) is 6.54 Å². The lowest BCUT2D eigenvalue weighted by Gasteiger charge is -2.17. The second kappa shape index (κ2) is 5.97. The molecule has 18 heavy (non-hydrogen) atoms. The first-order valence-electron chi connectivity index (χ1n) is 6.23. The first-order chi connectivity index (χ1) is 8.69. The maximum Gasteiger partial charge on any atom is 0.237 e. The lowest BCUT2D eigenvalue weighted by atomic mass is 10.2. The molecule has 0 bridgehead atoms. The quantitative estimate of drug-likeness (QED) is 0.759. The molecule has 1 aliphatic heterocycles. The van der Waals surface area contributed by atoms with Gasteiger partial charge in [-0.3, -0.25) is 9.48 Å². The zero-order valence-electron chi connectivity index (χ0n) is 10.8. The monoisotopic (exact) mass is 252 g/mol. The number of amides is 1. The lowest BCUT2D eigenvalue weighted by molar-refractivity contribution is -0.123. The molecular formula is C12H20N4O2. The summed E-state index contributed by atoms with van der Waals surface area (Å²) in [6, 6.07) is 1.78. The smallest absolute Gasteiger partial charge is 0.237 e. The van der Waals surface area contributed by atoms with E-state index in [2.05, 4.69) is 15.7 Å². The Labute approximate surface area is 107 Å². The molecule has 2 heterocycles. The molecule has 6 heteroatoms. The van der Waals surface area contributed by atoms with Crippen molar-refractivity contribution in [3.63, 3.8) is 0 Å². The van der Waals surface area contributed by atoms with Crippen LogP contribution in [0.1, 0.15) is 13.3 Å². The summed E-state index contributed by atoms with van der Waals surface area (Å²) in [6.45, 7) is 3.39. The van der Waals surface area contributed by atoms with Crippen LogP contribution in [0, 0.1) is 0 Å². The number of carbonyl (C=O) groups excluding carboxylic acids is 1. The number of carbonyl (C=O) groups is 1. The molecule has 100 valence electrons. The SMILES string of the molecule is COC1CNC(C(=O)NC(C)Cn2cccn2)C1. The number of hydrogen-bond acceptors (Lipinski definition) is 4. The standard InChI is InChI=1S/C12H20N4O2/c1-9(8-16-5-3-4-14-16)15-12(17)11-6-10(18-2)7-13-11/h3-5,9-11,13H,6-8H2,1-2H3,(H,15,17). The normalized spacial score (nSPS) is 25.0. The molecule has 3 unspecified atom stereocenters. The van der Waals surface area contributed by atoms with Crippen molar-refractivity contribution in [1.29, 1.82) is 0 Å². The van der Waals surface area contributed by atoms with Gasteiger partial charge in [0.25, 0.3) is 0 Å². The van der Waals surface area contributed by atoms with Crippen molar-refractivity contribution in [2.45, 2.75) is 38.1 Å². The number of aromatic nitrogens is 2. The molecule has 0 spiro atoms. The molecule has 0 saturated carbocycles. The predicted octanol–water partition coefficient (Wildman–Crippen LogP) is -0.235. The van der Waals surface area contributed by atoms with Gasteiger partial charge in [0.05, 0.1) is 18.7 Å². The van der Waals surface area contributed by atoms with Crippen molar-refractivity contribution in [1.82, 2.24) is 20.4 Å². The molecule has 0 aromatic carbocycles. The van der Waals surface area contributed by atoms with Gasteiger partial charge in [0.15, 0.2) is 0 Å². The molecular weight excluding hydrogens is 232 g/mol. The number of hydrogen-bond donors (Lipinski definition) is 2. The van der Waals surface area contributed by atoms with E-state index < -0.39 is 0 Å². The fraction of sp³-hybridized carbons (Fsp3) is 0.667. The van der Waals surface area contributed by atoms with Gasteiger partial charge in [0.1, 0.15) is 0 Å². The van der Waals surface area contributed by atoms with E-state index in [9.17, 15) is 4.79 Å². The maximum absolute atomic E-state index is 12.0. The Kier molecular flexibility index (Phi) is 4.33. The third-order valence-electron chi connectivity index (χ3n) is 3.15. The molecule has 1 aliphatic rings. The Bertz CT molecular complexity index is 379. The molecule has 1 saturated heterocycles. The minimum atomic E-state index is -0.143. The van der Waals surface area contributed by atoms with Crippen LogP contribution in [0.15, 0.2) is 18.5 Å².